The number of furan rings is 1. The maximum Gasteiger partial charge on any atom is 0.314 e. The van der Waals surface area contributed by atoms with Gasteiger partial charge in [0.05, 0.1) is 6.61 Å². The Morgan fingerprint density at radius 1 is 1.26 bits per heavy atom. The summed E-state index contributed by atoms with van der Waals surface area (Å²) in [5.74, 6) is 0.874. The van der Waals surface area contributed by atoms with E-state index in [2.05, 4.69) is 10.6 Å². The normalized spacial score (nSPS) is 10.6. The molecule has 19 heavy (non-hydrogen) atoms. The van der Waals surface area contributed by atoms with E-state index in [4.69, 9.17) is 9.15 Å². The van der Waals surface area contributed by atoms with Crippen LogP contribution in [0.5, 0.6) is 0 Å². The van der Waals surface area contributed by atoms with Gasteiger partial charge in [0, 0.05) is 32.0 Å². The second-order valence-corrected chi connectivity index (χ2v) is 4.18. The van der Waals surface area contributed by atoms with E-state index in [0.29, 0.717) is 26.1 Å². The van der Waals surface area contributed by atoms with Crippen molar-refractivity contribution >= 4 is 17.0 Å². The zero-order valence-electron chi connectivity index (χ0n) is 10.9. The molecule has 2 aromatic rings. The maximum atomic E-state index is 11.4. The van der Waals surface area contributed by atoms with Crippen molar-refractivity contribution in [2.75, 3.05) is 26.8 Å². The number of nitrogens with one attached hydrogen (secondary N) is 2. The average Bonchev–Trinajstić information content (AvgIpc) is 2.81. The number of hydrogen-bond acceptors (Lipinski definition) is 3. The topological polar surface area (TPSA) is 63.5 Å². The third kappa shape index (κ3) is 3.99. The number of carbonyl (C=O) groups is 1. The molecule has 5 heteroatoms. The summed E-state index contributed by atoms with van der Waals surface area (Å²) in [6.07, 6.45) is 0.673. The number of urea groups is 1. The van der Waals surface area contributed by atoms with Gasteiger partial charge in [-0.15, -0.1) is 0 Å². The fourth-order valence-corrected chi connectivity index (χ4v) is 1.79. The number of carbonyl (C=O) groups excluding carboxylic acids is 1. The lowest BCUT2D eigenvalue weighted by molar-refractivity contribution is 0.196. The van der Waals surface area contributed by atoms with Crippen molar-refractivity contribution in [1.29, 1.82) is 0 Å². The molecule has 0 aliphatic heterocycles. The highest BCUT2D eigenvalue weighted by molar-refractivity contribution is 5.77. The standard InChI is InChI=1S/C14H18N2O3/c1-18-9-8-16-14(17)15-7-6-12-10-11-4-2-3-5-13(11)19-12/h2-5,10H,6-9H2,1H3,(H2,15,16,17). The molecule has 1 heterocycles. The lowest BCUT2D eigenvalue weighted by Gasteiger charge is -2.05. The van der Waals surface area contributed by atoms with E-state index < -0.39 is 0 Å². The molecular formula is C14H18N2O3. The second kappa shape index (κ2) is 6.80. The van der Waals surface area contributed by atoms with Gasteiger partial charge in [-0.05, 0) is 12.1 Å². The Hall–Kier alpha value is -2.01. The van der Waals surface area contributed by atoms with Gasteiger partial charge < -0.3 is 19.8 Å². The van der Waals surface area contributed by atoms with Gasteiger partial charge >= 0.3 is 6.03 Å². The maximum absolute atomic E-state index is 11.4. The van der Waals surface area contributed by atoms with Crippen LogP contribution >= 0.6 is 0 Å². The zero-order chi connectivity index (χ0) is 13.5. The fraction of sp³-hybridized carbons (Fsp3) is 0.357. The molecule has 102 valence electrons. The Kier molecular flexibility index (Phi) is 4.80. The molecular weight excluding hydrogens is 244 g/mol. The summed E-state index contributed by atoms with van der Waals surface area (Å²) < 4.78 is 10.5. The molecule has 1 aromatic carbocycles. The fourth-order valence-electron chi connectivity index (χ4n) is 1.79. The van der Waals surface area contributed by atoms with Crippen LogP contribution < -0.4 is 10.6 Å². The second-order valence-electron chi connectivity index (χ2n) is 4.18. The Morgan fingerprint density at radius 2 is 2.05 bits per heavy atom. The van der Waals surface area contributed by atoms with Crippen LogP contribution in [0.4, 0.5) is 4.79 Å². The molecule has 1 aromatic heterocycles. The lowest BCUT2D eigenvalue weighted by atomic mass is 10.2. The third-order valence-electron chi connectivity index (χ3n) is 2.73. The average molecular weight is 262 g/mol. The zero-order valence-corrected chi connectivity index (χ0v) is 10.9. The van der Waals surface area contributed by atoms with Gasteiger partial charge in [-0.25, -0.2) is 4.79 Å². The quantitative estimate of drug-likeness (QED) is 0.782. The molecule has 2 rings (SSSR count). The first-order chi connectivity index (χ1) is 9.29. The van der Waals surface area contributed by atoms with E-state index in [0.717, 1.165) is 16.7 Å². The van der Waals surface area contributed by atoms with E-state index in [1.165, 1.54) is 0 Å². The summed E-state index contributed by atoms with van der Waals surface area (Å²) in [7, 11) is 1.60. The smallest absolute Gasteiger partial charge is 0.314 e. The van der Waals surface area contributed by atoms with Gasteiger partial charge in [0.15, 0.2) is 0 Å². The molecule has 2 amide bonds. The number of amides is 2. The molecule has 0 bridgehead atoms. The number of rotatable bonds is 6. The first-order valence-corrected chi connectivity index (χ1v) is 6.27. The van der Waals surface area contributed by atoms with Gasteiger partial charge in [-0.3, -0.25) is 0 Å². The minimum atomic E-state index is -0.187. The first kappa shape index (κ1) is 13.4. The van der Waals surface area contributed by atoms with Crippen molar-refractivity contribution < 1.29 is 13.9 Å². The highest BCUT2D eigenvalue weighted by Crippen LogP contribution is 2.18. The van der Waals surface area contributed by atoms with Crippen molar-refractivity contribution in [2.24, 2.45) is 0 Å². The van der Waals surface area contributed by atoms with Crippen LogP contribution in [0.15, 0.2) is 34.7 Å². The van der Waals surface area contributed by atoms with Crippen LogP contribution in [0.2, 0.25) is 0 Å². The number of para-hydroxylation sites is 1. The van der Waals surface area contributed by atoms with E-state index >= 15 is 0 Å². The van der Waals surface area contributed by atoms with Crippen molar-refractivity contribution in [1.82, 2.24) is 10.6 Å². The first-order valence-electron chi connectivity index (χ1n) is 6.27. The molecule has 0 aliphatic rings. The van der Waals surface area contributed by atoms with Crippen molar-refractivity contribution in [3.63, 3.8) is 0 Å². The summed E-state index contributed by atoms with van der Waals surface area (Å²) in [6, 6.07) is 9.67. The molecule has 0 atom stereocenters. The minimum absolute atomic E-state index is 0.187. The van der Waals surface area contributed by atoms with Crippen LogP contribution in [0, 0.1) is 0 Å². The Bertz CT molecular complexity index is 503. The van der Waals surface area contributed by atoms with Gasteiger partial charge in [-0.1, -0.05) is 18.2 Å². The highest BCUT2D eigenvalue weighted by atomic mass is 16.5. The van der Waals surface area contributed by atoms with Gasteiger partial charge in [0.25, 0.3) is 0 Å². The lowest BCUT2D eigenvalue weighted by Crippen LogP contribution is -2.38. The molecule has 0 radical (unpaired) electrons. The molecule has 0 spiro atoms. The van der Waals surface area contributed by atoms with Crippen LogP contribution in [0.25, 0.3) is 11.0 Å². The number of hydrogen-bond donors (Lipinski definition) is 2. The van der Waals surface area contributed by atoms with Crippen molar-refractivity contribution in [3.8, 4) is 0 Å². The monoisotopic (exact) mass is 262 g/mol. The van der Waals surface area contributed by atoms with Gasteiger partial charge in [0.2, 0.25) is 0 Å². The van der Waals surface area contributed by atoms with E-state index in [9.17, 15) is 4.79 Å². The van der Waals surface area contributed by atoms with Crippen LogP contribution in [0.1, 0.15) is 5.76 Å². The Balaban J connectivity index is 1.74. The summed E-state index contributed by atoms with van der Waals surface area (Å²) >= 11 is 0. The van der Waals surface area contributed by atoms with E-state index in [1.807, 2.05) is 30.3 Å². The van der Waals surface area contributed by atoms with Crippen LogP contribution in [0.3, 0.4) is 0 Å². The predicted octanol–water partition coefficient (Wildman–Crippen LogP) is 1.92. The van der Waals surface area contributed by atoms with Crippen molar-refractivity contribution in [3.05, 3.63) is 36.1 Å². The molecule has 0 saturated carbocycles. The summed E-state index contributed by atoms with van der Waals surface area (Å²) in [5.41, 5.74) is 0.877. The highest BCUT2D eigenvalue weighted by Gasteiger charge is 2.04. The molecule has 0 fully saturated rings. The number of benzene rings is 1. The molecule has 5 nitrogen and oxygen atoms in total. The van der Waals surface area contributed by atoms with Crippen LogP contribution in [-0.2, 0) is 11.2 Å². The van der Waals surface area contributed by atoms with Crippen molar-refractivity contribution in [2.45, 2.75) is 6.42 Å². The largest absolute Gasteiger partial charge is 0.461 e. The summed E-state index contributed by atoms with van der Waals surface area (Å²) in [4.78, 5) is 11.4. The Morgan fingerprint density at radius 3 is 2.84 bits per heavy atom. The molecule has 2 N–H and O–H groups in total. The summed E-state index contributed by atoms with van der Waals surface area (Å²) in [6.45, 7) is 1.56. The minimum Gasteiger partial charge on any atom is -0.461 e. The SMILES string of the molecule is COCCNC(=O)NCCc1cc2ccccc2o1. The third-order valence-corrected chi connectivity index (χ3v) is 2.73. The van der Waals surface area contributed by atoms with E-state index in [1.54, 1.807) is 7.11 Å². The van der Waals surface area contributed by atoms with Gasteiger partial charge in [0.1, 0.15) is 11.3 Å². The predicted molar refractivity (Wildman–Crippen MR) is 73.2 cm³/mol. The number of ether oxygens (including phenoxy) is 1. The van der Waals surface area contributed by atoms with Gasteiger partial charge in [-0.2, -0.15) is 0 Å². The Labute approximate surface area is 111 Å². The number of fused-ring (bicyclic) bond motifs is 1. The molecule has 0 aliphatic carbocycles. The molecule has 0 saturated heterocycles. The summed E-state index contributed by atoms with van der Waals surface area (Å²) in [5, 5.41) is 6.54. The van der Waals surface area contributed by atoms with Crippen LogP contribution in [-0.4, -0.2) is 32.8 Å². The molecule has 0 unspecified atom stereocenters. The van der Waals surface area contributed by atoms with E-state index in [-0.39, 0.29) is 6.03 Å². The number of methoxy groups -OCH3 is 1.